The van der Waals surface area contributed by atoms with Gasteiger partial charge in [-0.15, -0.1) is 0 Å². The van der Waals surface area contributed by atoms with Crippen molar-refractivity contribution in [1.29, 1.82) is 0 Å². The molecule has 0 radical (unpaired) electrons. The monoisotopic (exact) mass is 438 g/mol. The first-order chi connectivity index (χ1) is 15.3. The van der Waals surface area contributed by atoms with Crippen molar-refractivity contribution in [3.63, 3.8) is 0 Å². The molecular weight excluding hydrogens is 415 g/mol. The number of nitro groups is 1. The number of benzene rings is 2. The summed E-state index contributed by atoms with van der Waals surface area (Å²) in [5.74, 6) is -1.13. The predicted molar refractivity (Wildman–Crippen MR) is 116 cm³/mol. The molecule has 2 aliphatic heterocycles. The third-order valence-corrected chi connectivity index (χ3v) is 5.87. The number of hydrogen-bond donors (Lipinski definition) is 0. The van der Waals surface area contributed by atoms with Gasteiger partial charge in [0, 0.05) is 44.9 Å². The van der Waals surface area contributed by atoms with Crippen molar-refractivity contribution in [3.8, 4) is 0 Å². The molecule has 9 heteroatoms. The predicted octanol–water partition coefficient (Wildman–Crippen LogP) is 2.30. The molecular formula is C23H23FN4O4. The van der Waals surface area contributed by atoms with Crippen molar-refractivity contribution in [2.75, 3.05) is 39.8 Å². The van der Waals surface area contributed by atoms with Gasteiger partial charge in [-0.3, -0.25) is 24.6 Å². The molecule has 0 N–H and O–H groups in total. The normalized spacial score (nSPS) is 17.4. The van der Waals surface area contributed by atoms with Crippen LogP contribution in [0.25, 0.3) is 5.57 Å². The van der Waals surface area contributed by atoms with Gasteiger partial charge in [0.2, 0.25) is 0 Å². The standard InChI is InChI=1S/C23H23FN4O4/c1-25-12-14-26(15-13-25)21-20(17-4-8-19(9-5-17)28(31)32)22(29)27(23(21)30)11-10-16-2-6-18(24)7-3-16/h2-9H,10-15H2,1H3. The van der Waals surface area contributed by atoms with E-state index in [4.69, 9.17) is 0 Å². The van der Waals surface area contributed by atoms with Gasteiger partial charge in [0.15, 0.2) is 0 Å². The maximum atomic E-state index is 13.4. The fraction of sp³-hybridized carbons (Fsp3) is 0.304. The van der Waals surface area contributed by atoms with Crippen molar-refractivity contribution >= 4 is 23.1 Å². The first-order valence-electron chi connectivity index (χ1n) is 10.4. The van der Waals surface area contributed by atoms with Crippen LogP contribution in [0.4, 0.5) is 10.1 Å². The highest BCUT2D eigenvalue weighted by Crippen LogP contribution is 2.33. The third-order valence-electron chi connectivity index (χ3n) is 5.87. The van der Waals surface area contributed by atoms with Crippen LogP contribution in [0.2, 0.25) is 0 Å². The maximum Gasteiger partial charge on any atom is 0.277 e. The topological polar surface area (TPSA) is 87.0 Å². The molecule has 0 aromatic heterocycles. The average Bonchev–Trinajstić information content (AvgIpc) is 3.03. The second kappa shape index (κ2) is 8.88. The van der Waals surface area contributed by atoms with Gasteiger partial charge in [-0.1, -0.05) is 12.1 Å². The highest BCUT2D eigenvalue weighted by Gasteiger charge is 2.41. The number of likely N-dealkylation sites (N-methyl/N-ethyl adjacent to an activating group) is 1. The molecule has 4 rings (SSSR count). The molecule has 2 aliphatic rings. The molecule has 0 bridgehead atoms. The summed E-state index contributed by atoms with van der Waals surface area (Å²) in [6.07, 6.45) is 0.404. The molecule has 1 saturated heterocycles. The lowest BCUT2D eigenvalue weighted by atomic mass is 10.0. The van der Waals surface area contributed by atoms with E-state index in [2.05, 4.69) is 4.90 Å². The van der Waals surface area contributed by atoms with Gasteiger partial charge >= 0.3 is 0 Å². The first-order valence-corrected chi connectivity index (χ1v) is 10.4. The van der Waals surface area contributed by atoms with E-state index in [1.54, 1.807) is 12.1 Å². The van der Waals surface area contributed by atoms with Crippen LogP contribution in [0, 0.1) is 15.9 Å². The van der Waals surface area contributed by atoms with E-state index < -0.39 is 10.8 Å². The molecule has 166 valence electrons. The molecule has 0 saturated carbocycles. The molecule has 2 aromatic carbocycles. The largest absolute Gasteiger partial charge is 0.364 e. The number of carbonyl (C=O) groups excluding carboxylic acids is 2. The Labute approximate surface area is 184 Å². The zero-order valence-electron chi connectivity index (χ0n) is 17.7. The lowest BCUT2D eigenvalue weighted by Gasteiger charge is -2.34. The summed E-state index contributed by atoms with van der Waals surface area (Å²) in [6, 6.07) is 11.7. The van der Waals surface area contributed by atoms with E-state index in [9.17, 15) is 24.1 Å². The second-order valence-electron chi connectivity index (χ2n) is 7.96. The van der Waals surface area contributed by atoms with E-state index in [-0.39, 0.29) is 29.5 Å². The lowest BCUT2D eigenvalue weighted by Crippen LogP contribution is -2.46. The Bertz CT molecular complexity index is 1070. The smallest absolute Gasteiger partial charge is 0.277 e. The number of halogens is 1. The molecule has 0 unspecified atom stereocenters. The fourth-order valence-electron chi connectivity index (χ4n) is 3.99. The fourth-order valence-corrected chi connectivity index (χ4v) is 3.99. The quantitative estimate of drug-likeness (QED) is 0.391. The van der Waals surface area contributed by atoms with E-state index >= 15 is 0 Å². The second-order valence-corrected chi connectivity index (χ2v) is 7.96. The number of rotatable bonds is 6. The Morgan fingerprint density at radius 3 is 2.16 bits per heavy atom. The van der Waals surface area contributed by atoms with Crippen molar-refractivity contribution in [2.24, 2.45) is 0 Å². The van der Waals surface area contributed by atoms with Crippen molar-refractivity contribution < 1.29 is 18.9 Å². The highest BCUT2D eigenvalue weighted by molar-refractivity contribution is 6.35. The molecule has 2 heterocycles. The Balaban J connectivity index is 1.64. The van der Waals surface area contributed by atoms with Crippen LogP contribution < -0.4 is 0 Å². The maximum absolute atomic E-state index is 13.4. The van der Waals surface area contributed by atoms with Crippen molar-refractivity contribution in [1.82, 2.24) is 14.7 Å². The van der Waals surface area contributed by atoms with Gasteiger partial charge in [-0.05, 0) is 48.9 Å². The van der Waals surface area contributed by atoms with E-state index in [1.807, 2.05) is 11.9 Å². The molecule has 32 heavy (non-hydrogen) atoms. The summed E-state index contributed by atoms with van der Waals surface area (Å²) in [5.41, 5.74) is 1.83. The molecule has 0 spiro atoms. The van der Waals surface area contributed by atoms with Crippen LogP contribution in [0.1, 0.15) is 11.1 Å². The third kappa shape index (κ3) is 4.24. The van der Waals surface area contributed by atoms with Crippen LogP contribution in [0.15, 0.2) is 54.2 Å². The molecule has 1 fully saturated rings. The van der Waals surface area contributed by atoms with Crippen LogP contribution in [-0.4, -0.2) is 71.2 Å². The number of nitro benzene ring substituents is 1. The highest BCUT2D eigenvalue weighted by atomic mass is 19.1. The van der Waals surface area contributed by atoms with Crippen molar-refractivity contribution in [2.45, 2.75) is 6.42 Å². The van der Waals surface area contributed by atoms with Crippen LogP contribution in [-0.2, 0) is 16.0 Å². The van der Waals surface area contributed by atoms with E-state index in [0.29, 0.717) is 30.8 Å². The Hall–Kier alpha value is -3.59. The number of amides is 2. The van der Waals surface area contributed by atoms with Gasteiger partial charge in [0.05, 0.1) is 10.5 Å². The number of piperazine rings is 1. The number of hydrogen-bond acceptors (Lipinski definition) is 6. The minimum absolute atomic E-state index is 0.0829. The number of carbonyl (C=O) groups is 2. The summed E-state index contributed by atoms with van der Waals surface area (Å²) in [4.78, 5) is 42.5. The molecule has 8 nitrogen and oxygen atoms in total. The minimum Gasteiger partial charge on any atom is -0.364 e. The molecule has 0 atom stereocenters. The Kier molecular flexibility index (Phi) is 6.00. The zero-order valence-corrected chi connectivity index (χ0v) is 17.7. The number of nitrogens with zero attached hydrogens (tertiary/aromatic N) is 4. The summed E-state index contributed by atoms with van der Waals surface area (Å²) >= 11 is 0. The molecule has 2 aromatic rings. The van der Waals surface area contributed by atoms with Crippen LogP contribution in [0.5, 0.6) is 0 Å². The number of imide groups is 1. The van der Waals surface area contributed by atoms with Gasteiger partial charge in [-0.2, -0.15) is 0 Å². The van der Waals surface area contributed by atoms with Gasteiger partial charge in [0.1, 0.15) is 11.5 Å². The Morgan fingerprint density at radius 1 is 0.938 bits per heavy atom. The average molecular weight is 438 g/mol. The summed E-state index contributed by atoms with van der Waals surface area (Å²) in [5, 5.41) is 11.0. The van der Waals surface area contributed by atoms with Crippen molar-refractivity contribution in [3.05, 3.63) is 81.3 Å². The lowest BCUT2D eigenvalue weighted by molar-refractivity contribution is -0.384. The number of non-ortho nitro benzene ring substituents is 1. The van der Waals surface area contributed by atoms with E-state index in [0.717, 1.165) is 18.7 Å². The Morgan fingerprint density at radius 2 is 1.56 bits per heavy atom. The van der Waals surface area contributed by atoms with Crippen LogP contribution >= 0.6 is 0 Å². The van der Waals surface area contributed by atoms with Gasteiger partial charge in [-0.25, -0.2) is 4.39 Å². The van der Waals surface area contributed by atoms with Gasteiger partial charge < -0.3 is 9.80 Å². The molecule has 2 amide bonds. The summed E-state index contributed by atoms with van der Waals surface area (Å²) in [6.45, 7) is 2.89. The minimum atomic E-state index is -0.504. The SMILES string of the molecule is CN1CCN(C2=C(c3ccc([N+](=O)[O-])cc3)C(=O)N(CCc3ccc(F)cc3)C2=O)CC1. The summed E-state index contributed by atoms with van der Waals surface area (Å²) in [7, 11) is 2.00. The zero-order chi connectivity index (χ0) is 22.8. The summed E-state index contributed by atoms with van der Waals surface area (Å²) < 4.78 is 13.2. The van der Waals surface area contributed by atoms with E-state index in [1.165, 1.54) is 41.3 Å². The first kappa shape index (κ1) is 21.6. The van der Waals surface area contributed by atoms with Gasteiger partial charge in [0.25, 0.3) is 17.5 Å². The van der Waals surface area contributed by atoms with Crippen LogP contribution in [0.3, 0.4) is 0 Å². The molecule has 0 aliphatic carbocycles.